The van der Waals surface area contributed by atoms with Gasteiger partial charge in [-0.1, -0.05) is 18.2 Å². The van der Waals surface area contributed by atoms with Crippen molar-refractivity contribution in [3.63, 3.8) is 0 Å². The van der Waals surface area contributed by atoms with Crippen molar-refractivity contribution in [2.75, 3.05) is 6.54 Å². The van der Waals surface area contributed by atoms with Crippen LogP contribution in [0.4, 0.5) is 0 Å². The Kier molecular flexibility index (Phi) is 9.54. The number of aliphatic carboxylic acids is 1. The Balaban J connectivity index is 1.76. The molecule has 4 amide bonds. The highest BCUT2D eigenvalue weighted by Crippen LogP contribution is 2.19. The summed E-state index contributed by atoms with van der Waals surface area (Å²) in [7, 11) is 0. The summed E-state index contributed by atoms with van der Waals surface area (Å²) in [5, 5.41) is 18.0. The number of amides is 4. The Labute approximate surface area is 216 Å². The number of rotatable bonds is 14. The molecule has 0 bridgehead atoms. The maximum atomic E-state index is 13.1. The highest BCUT2D eigenvalue weighted by atomic mass is 16.4. The first-order chi connectivity index (χ1) is 18.2. The van der Waals surface area contributed by atoms with Crippen LogP contribution in [0, 0.1) is 0 Å². The Morgan fingerprint density at radius 2 is 1.66 bits per heavy atom. The number of benzene rings is 1. The van der Waals surface area contributed by atoms with E-state index in [1.165, 1.54) is 12.5 Å². The van der Waals surface area contributed by atoms with E-state index >= 15 is 0 Å². The van der Waals surface area contributed by atoms with Gasteiger partial charge in [0.15, 0.2) is 0 Å². The molecule has 2 heterocycles. The average molecular weight is 527 g/mol. The number of H-pyrrole nitrogens is 2. The number of aromatic nitrogens is 3. The third kappa shape index (κ3) is 7.64. The third-order valence-electron chi connectivity index (χ3n) is 5.84. The summed E-state index contributed by atoms with van der Waals surface area (Å²) in [6.45, 7) is -0.369. The molecular weight excluding hydrogens is 496 g/mol. The normalized spacial score (nSPS) is 13.3. The molecule has 202 valence electrons. The number of nitrogens with two attached hydrogens (primary N) is 2. The van der Waals surface area contributed by atoms with Crippen LogP contribution in [0.25, 0.3) is 10.9 Å². The predicted molar refractivity (Wildman–Crippen MR) is 135 cm³/mol. The van der Waals surface area contributed by atoms with E-state index in [-0.39, 0.29) is 32.2 Å². The van der Waals surface area contributed by atoms with Gasteiger partial charge in [0.1, 0.15) is 18.1 Å². The second-order valence-electron chi connectivity index (χ2n) is 8.63. The van der Waals surface area contributed by atoms with Gasteiger partial charge in [-0.05, 0) is 18.1 Å². The molecule has 14 nitrogen and oxygen atoms in total. The first kappa shape index (κ1) is 27.9. The third-order valence-corrected chi connectivity index (χ3v) is 5.84. The number of nitrogens with zero attached hydrogens (tertiary/aromatic N) is 1. The fourth-order valence-electron chi connectivity index (χ4n) is 3.90. The van der Waals surface area contributed by atoms with Gasteiger partial charge >= 0.3 is 5.97 Å². The zero-order valence-electron chi connectivity index (χ0n) is 20.4. The molecule has 14 heteroatoms. The zero-order chi connectivity index (χ0) is 27.7. The Morgan fingerprint density at radius 3 is 2.32 bits per heavy atom. The van der Waals surface area contributed by atoms with Crippen LogP contribution in [0.5, 0.6) is 0 Å². The van der Waals surface area contributed by atoms with Crippen LogP contribution >= 0.6 is 0 Å². The molecule has 3 atom stereocenters. The molecule has 0 spiro atoms. The van der Waals surface area contributed by atoms with E-state index in [2.05, 4.69) is 30.9 Å². The van der Waals surface area contributed by atoms with Crippen molar-refractivity contribution in [3.05, 3.63) is 54.2 Å². The number of primary amides is 1. The van der Waals surface area contributed by atoms with Gasteiger partial charge in [0.2, 0.25) is 23.6 Å². The minimum atomic E-state index is -1.33. The van der Waals surface area contributed by atoms with E-state index in [1.807, 2.05) is 24.3 Å². The van der Waals surface area contributed by atoms with Crippen molar-refractivity contribution in [1.82, 2.24) is 30.9 Å². The van der Waals surface area contributed by atoms with E-state index in [1.54, 1.807) is 6.20 Å². The molecule has 0 aliphatic carbocycles. The monoisotopic (exact) mass is 526 g/mol. The molecule has 0 fully saturated rings. The number of carboxylic acid groups (broad SMARTS) is 1. The summed E-state index contributed by atoms with van der Waals surface area (Å²) < 4.78 is 0. The van der Waals surface area contributed by atoms with Gasteiger partial charge in [0.05, 0.1) is 12.9 Å². The lowest BCUT2D eigenvalue weighted by atomic mass is 10.0. The van der Waals surface area contributed by atoms with Crippen LogP contribution in [0.15, 0.2) is 43.0 Å². The summed E-state index contributed by atoms with van der Waals surface area (Å²) in [6.07, 6.45) is 4.08. The smallest absolute Gasteiger partial charge is 0.326 e. The first-order valence-corrected chi connectivity index (χ1v) is 11.8. The predicted octanol–water partition coefficient (Wildman–Crippen LogP) is -1.56. The minimum absolute atomic E-state index is 0.0139. The van der Waals surface area contributed by atoms with Crippen molar-refractivity contribution in [3.8, 4) is 0 Å². The highest BCUT2D eigenvalue weighted by molar-refractivity contribution is 5.94. The van der Waals surface area contributed by atoms with Crippen LogP contribution in [0.3, 0.4) is 0 Å². The number of carbonyl (C=O) groups is 5. The lowest BCUT2D eigenvalue weighted by Crippen LogP contribution is -2.57. The summed E-state index contributed by atoms with van der Waals surface area (Å²) in [4.78, 5) is 71.3. The minimum Gasteiger partial charge on any atom is -0.480 e. The summed E-state index contributed by atoms with van der Waals surface area (Å²) in [6, 6.07) is 3.55. The number of carboxylic acids is 1. The summed E-state index contributed by atoms with van der Waals surface area (Å²) in [5.41, 5.74) is 12.6. The Hall–Kier alpha value is -4.72. The van der Waals surface area contributed by atoms with Crippen LogP contribution in [0.1, 0.15) is 24.1 Å². The average Bonchev–Trinajstić information content (AvgIpc) is 3.55. The Bertz CT molecular complexity index is 1290. The summed E-state index contributed by atoms with van der Waals surface area (Å²) >= 11 is 0. The number of hydrogen-bond acceptors (Lipinski definition) is 7. The number of nitrogens with one attached hydrogen (secondary N) is 5. The van der Waals surface area contributed by atoms with E-state index < -0.39 is 47.7 Å². The van der Waals surface area contributed by atoms with Crippen molar-refractivity contribution in [1.29, 1.82) is 0 Å². The van der Waals surface area contributed by atoms with Crippen LogP contribution in [-0.4, -0.2) is 74.3 Å². The van der Waals surface area contributed by atoms with Gasteiger partial charge in [-0.25, -0.2) is 9.78 Å². The zero-order valence-corrected chi connectivity index (χ0v) is 20.4. The van der Waals surface area contributed by atoms with E-state index in [9.17, 15) is 29.1 Å². The number of carbonyl (C=O) groups excluding carboxylic acids is 4. The molecule has 38 heavy (non-hydrogen) atoms. The van der Waals surface area contributed by atoms with Crippen molar-refractivity contribution < 1.29 is 29.1 Å². The SMILES string of the molecule is NCC(=O)NC(Cc1cnc[nH]1)C(=O)NC(CCC(N)=O)C(=O)NC(Cc1c[nH]c2ccccc12)C(=O)O. The first-order valence-electron chi connectivity index (χ1n) is 11.8. The van der Waals surface area contributed by atoms with Crippen LogP contribution in [-0.2, 0) is 36.8 Å². The lowest BCUT2D eigenvalue weighted by molar-refractivity contribution is -0.142. The van der Waals surface area contributed by atoms with Crippen molar-refractivity contribution in [2.45, 2.75) is 43.8 Å². The molecular formula is C24H30N8O6. The number of imidazole rings is 1. The topological polar surface area (TPSA) is 238 Å². The second-order valence-corrected chi connectivity index (χ2v) is 8.63. The van der Waals surface area contributed by atoms with Crippen LogP contribution < -0.4 is 27.4 Å². The molecule has 10 N–H and O–H groups in total. The van der Waals surface area contributed by atoms with E-state index in [0.717, 1.165) is 10.9 Å². The van der Waals surface area contributed by atoms with Crippen LogP contribution in [0.2, 0.25) is 0 Å². The number of fused-ring (bicyclic) bond motifs is 1. The van der Waals surface area contributed by atoms with Crippen molar-refractivity contribution in [2.24, 2.45) is 11.5 Å². The maximum Gasteiger partial charge on any atom is 0.326 e. The highest BCUT2D eigenvalue weighted by Gasteiger charge is 2.30. The maximum absolute atomic E-state index is 13.1. The number of para-hydroxylation sites is 1. The van der Waals surface area contributed by atoms with Gasteiger partial charge < -0.3 is 42.5 Å². The second kappa shape index (κ2) is 13.0. The van der Waals surface area contributed by atoms with Gasteiger partial charge in [0, 0.05) is 48.3 Å². The van der Waals surface area contributed by atoms with E-state index in [4.69, 9.17) is 11.5 Å². The molecule has 0 aliphatic heterocycles. The van der Waals surface area contributed by atoms with Gasteiger partial charge in [-0.15, -0.1) is 0 Å². The largest absolute Gasteiger partial charge is 0.480 e. The van der Waals surface area contributed by atoms with Gasteiger partial charge in [0.25, 0.3) is 0 Å². The van der Waals surface area contributed by atoms with Gasteiger partial charge in [-0.2, -0.15) is 0 Å². The van der Waals surface area contributed by atoms with Gasteiger partial charge in [-0.3, -0.25) is 19.2 Å². The molecule has 0 saturated carbocycles. The molecule has 3 aromatic rings. The van der Waals surface area contributed by atoms with Crippen molar-refractivity contribution >= 4 is 40.5 Å². The fourth-order valence-corrected chi connectivity index (χ4v) is 3.90. The number of hydrogen-bond donors (Lipinski definition) is 8. The molecule has 0 radical (unpaired) electrons. The molecule has 0 saturated heterocycles. The molecule has 3 rings (SSSR count). The lowest BCUT2D eigenvalue weighted by Gasteiger charge is -2.24. The quantitative estimate of drug-likeness (QED) is 0.122. The standard InChI is InChI=1S/C24H30N8O6/c25-9-21(34)30-18(8-14-11-27-12-29-14)23(36)31-17(5-6-20(26)33)22(35)32-19(24(37)38)7-13-10-28-16-4-2-1-3-15(13)16/h1-4,10-12,17-19,28H,5-9,25H2,(H2,26,33)(H,27,29)(H,30,34)(H,31,36)(H,32,35)(H,37,38). The molecule has 0 aliphatic rings. The molecule has 2 aromatic heterocycles. The number of aromatic amines is 2. The molecule has 1 aromatic carbocycles. The molecule has 3 unspecified atom stereocenters. The summed E-state index contributed by atoms with van der Waals surface area (Å²) in [5.74, 6) is -4.16. The Morgan fingerprint density at radius 1 is 0.947 bits per heavy atom. The fraction of sp³-hybridized carbons (Fsp3) is 0.333. The van der Waals surface area contributed by atoms with E-state index in [0.29, 0.717) is 11.3 Å².